The van der Waals surface area contributed by atoms with Crippen LogP contribution in [0.3, 0.4) is 0 Å². The highest BCUT2D eigenvalue weighted by Crippen LogP contribution is 2.01. The van der Waals surface area contributed by atoms with E-state index in [9.17, 15) is 5.11 Å². The second-order valence-corrected chi connectivity index (χ2v) is 2.45. The van der Waals surface area contributed by atoms with E-state index in [4.69, 9.17) is 5.73 Å². The molecule has 0 aromatic carbocycles. The number of rotatable bonds is 6. The second kappa shape index (κ2) is 6.78. The number of hydrogen-bond acceptors (Lipinski definition) is 1. The summed E-state index contributed by atoms with van der Waals surface area (Å²) in [6.07, 6.45) is 5.55. The van der Waals surface area contributed by atoms with Gasteiger partial charge in [0.15, 0.2) is 0 Å². The number of hydrogen-bond donors (Lipinski definition) is 1. The lowest BCUT2D eigenvalue weighted by molar-refractivity contribution is 0.186. The van der Waals surface area contributed by atoms with Gasteiger partial charge in [-0.25, -0.2) is 5.11 Å². The lowest BCUT2D eigenvalue weighted by Crippen LogP contribution is -2.15. The van der Waals surface area contributed by atoms with Gasteiger partial charge >= 0.3 is 0 Å². The molecule has 0 aliphatic heterocycles. The molecule has 0 fully saturated rings. The minimum atomic E-state index is 0.0450. The highest BCUT2D eigenvalue weighted by atomic mass is 16.2. The van der Waals surface area contributed by atoms with Crippen LogP contribution in [0.5, 0.6) is 0 Å². The first-order valence-corrected chi connectivity index (χ1v) is 3.77. The lowest BCUT2D eigenvalue weighted by Gasteiger charge is -2.03. The Morgan fingerprint density at radius 2 is 2.10 bits per heavy atom. The van der Waals surface area contributed by atoms with Gasteiger partial charge in [-0.15, -0.1) is 6.58 Å². The van der Waals surface area contributed by atoms with Crippen molar-refractivity contribution in [3.05, 3.63) is 12.7 Å². The average Bonchev–Trinajstić information content (AvgIpc) is 1.98. The predicted octanol–water partition coefficient (Wildman–Crippen LogP) is 1.49. The monoisotopic (exact) mass is 142 g/mol. The first-order chi connectivity index (χ1) is 4.81. The Balaban J connectivity index is 2.95. The summed E-state index contributed by atoms with van der Waals surface area (Å²) in [5.74, 6) is 0. The van der Waals surface area contributed by atoms with Crippen LogP contribution in [0.15, 0.2) is 12.7 Å². The predicted molar refractivity (Wildman–Crippen MR) is 42.2 cm³/mol. The Hall–Kier alpha value is -0.340. The SMILES string of the molecule is C=CC(N)CCCCC[O]. The van der Waals surface area contributed by atoms with Gasteiger partial charge in [0.2, 0.25) is 0 Å². The van der Waals surface area contributed by atoms with E-state index in [1.165, 1.54) is 0 Å². The zero-order chi connectivity index (χ0) is 7.82. The second-order valence-electron chi connectivity index (χ2n) is 2.45. The van der Waals surface area contributed by atoms with E-state index in [2.05, 4.69) is 6.58 Å². The Morgan fingerprint density at radius 1 is 1.40 bits per heavy atom. The van der Waals surface area contributed by atoms with E-state index in [-0.39, 0.29) is 12.6 Å². The van der Waals surface area contributed by atoms with Gasteiger partial charge in [0.1, 0.15) is 0 Å². The number of unbranched alkanes of at least 4 members (excludes halogenated alkanes) is 2. The van der Waals surface area contributed by atoms with Crippen LogP contribution in [0, 0.1) is 0 Å². The molecule has 0 aliphatic carbocycles. The minimum absolute atomic E-state index is 0.0450. The molecule has 1 atom stereocenters. The van der Waals surface area contributed by atoms with Gasteiger partial charge in [0, 0.05) is 6.04 Å². The summed E-state index contributed by atoms with van der Waals surface area (Å²) in [4.78, 5) is 0. The van der Waals surface area contributed by atoms with E-state index in [0.29, 0.717) is 0 Å². The van der Waals surface area contributed by atoms with Gasteiger partial charge in [-0.3, -0.25) is 0 Å². The summed E-state index contributed by atoms with van der Waals surface area (Å²) in [6, 6.07) is 0.117. The standard InChI is InChI=1S/C8H16NO/c1-2-8(9)6-4-3-5-7-10/h2,8H,1,3-7,9H2. The molecular formula is C8H16NO. The minimum Gasteiger partial charge on any atom is -0.324 e. The fourth-order valence-electron chi connectivity index (χ4n) is 0.777. The molecule has 0 aliphatic rings. The van der Waals surface area contributed by atoms with Crippen molar-refractivity contribution in [3.8, 4) is 0 Å². The van der Waals surface area contributed by atoms with Crippen molar-refractivity contribution in [2.45, 2.75) is 31.7 Å². The van der Waals surface area contributed by atoms with Crippen LogP contribution in [-0.4, -0.2) is 12.6 Å². The molecule has 0 saturated carbocycles. The summed E-state index contributed by atoms with van der Waals surface area (Å²) in [5, 5.41) is 9.99. The Bertz CT molecular complexity index is 83.3. The topological polar surface area (TPSA) is 45.9 Å². The molecular weight excluding hydrogens is 126 g/mol. The maximum absolute atomic E-state index is 9.99. The zero-order valence-electron chi connectivity index (χ0n) is 6.38. The van der Waals surface area contributed by atoms with Crippen LogP contribution in [-0.2, 0) is 5.11 Å². The first kappa shape index (κ1) is 9.66. The molecule has 2 N–H and O–H groups in total. The molecule has 0 spiro atoms. The third kappa shape index (κ3) is 5.79. The van der Waals surface area contributed by atoms with Gasteiger partial charge < -0.3 is 5.73 Å². The molecule has 10 heavy (non-hydrogen) atoms. The van der Waals surface area contributed by atoms with Gasteiger partial charge in [0.05, 0.1) is 6.61 Å². The van der Waals surface area contributed by atoms with Gasteiger partial charge in [0.25, 0.3) is 0 Å². The van der Waals surface area contributed by atoms with E-state index in [1.807, 2.05) is 0 Å². The average molecular weight is 142 g/mol. The molecule has 0 bridgehead atoms. The highest BCUT2D eigenvalue weighted by molar-refractivity contribution is 4.81. The van der Waals surface area contributed by atoms with Crippen molar-refractivity contribution in [1.82, 2.24) is 0 Å². The molecule has 0 rings (SSSR count). The third-order valence-corrected chi connectivity index (χ3v) is 1.48. The summed E-state index contributed by atoms with van der Waals surface area (Å²) < 4.78 is 0. The van der Waals surface area contributed by atoms with Crippen LogP contribution in [0.2, 0.25) is 0 Å². The Kier molecular flexibility index (Phi) is 6.55. The van der Waals surface area contributed by atoms with Gasteiger partial charge in [-0.2, -0.15) is 0 Å². The molecule has 2 nitrogen and oxygen atoms in total. The van der Waals surface area contributed by atoms with Crippen molar-refractivity contribution >= 4 is 0 Å². The summed E-state index contributed by atoms with van der Waals surface area (Å²) >= 11 is 0. The quantitative estimate of drug-likeness (QED) is 0.443. The third-order valence-electron chi connectivity index (χ3n) is 1.48. The van der Waals surface area contributed by atoms with Crippen LogP contribution in [0.4, 0.5) is 0 Å². The highest BCUT2D eigenvalue weighted by Gasteiger charge is 1.94. The van der Waals surface area contributed by atoms with Crippen molar-refractivity contribution in [1.29, 1.82) is 0 Å². The van der Waals surface area contributed by atoms with Crippen LogP contribution in [0.25, 0.3) is 0 Å². The smallest absolute Gasteiger partial charge is 0.0822 e. The van der Waals surface area contributed by atoms with E-state index >= 15 is 0 Å². The molecule has 0 aromatic heterocycles. The van der Waals surface area contributed by atoms with Crippen LogP contribution < -0.4 is 5.73 Å². The maximum atomic E-state index is 9.99. The Labute approximate surface area is 62.7 Å². The molecule has 0 saturated heterocycles. The molecule has 1 unspecified atom stereocenters. The maximum Gasteiger partial charge on any atom is 0.0822 e. The summed E-state index contributed by atoms with van der Waals surface area (Å²) in [6.45, 7) is 3.62. The Morgan fingerprint density at radius 3 is 2.60 bits per heavy atom. The number of nitrogens with two attached hydrogens (primary N) is 1. The largest absolute Gasteiger partial charge is 0.324 e. The van der Waals surface area contributed by atoms with E-state index in [1.54, 1.807) is 6.08 Å². The van der Waals surface area contributed by atoms with Gasteiger partial charge in [-0.1, -0.05) is 18.9 Å². The zero-order valence-corrected chi connectivity index (χ0v) is 6.38. The molecule has 2 heteroatoms. The van der Waals surface area contributed by atoms with Crippen molar-refractivity contribution < 1.29 is 5.11 Å². The lowest BCUT2D eigenvalue weighted by atomic mass is 10.1. The molecule has 59 valence electrons. The van der Waals surface area contributed by atoms with E-state index in [0.717, 1.165) is 25.7 Å². The first-order valence-electron chi connectivity index (χ1n) is 3.77. The fraction of sp³-hybridized carbons (Fsp3) is 0.750. The van der Waals surface area contributed by atoms with Crippen molar-refractivity contribution in [2.24, 2.45) is 5.73 Å². The molecule has 0 heterocycles. The van der Waals surface area contributed by atoms with Crippen molar-refractivity contribution in [2.75, 3.05) is 6.61 Å². The fourth-order valence-corrected chi connectivity index (χ4v) is 0.777. The summed E-state index contributed by atoms with van der Waals surface area (Å²) in [7, 11) is 0. The van der Waals surface area contributed by atoms with E-state index < -0.39 is 0 Å². The van der Waals surface area contributed by atoms with Crippen LogP contribution in [0.1, 0.15) is 25.7 Å². The normalized spacial score (nSPS) is 13.0. The molecule has 0 amide bonds. The molecule has 1 radical (unpaired) electrons. The van der Waals surface area contributed by atoms with Crippen molar-refractivity contribution in [3.63, 3.8) is 0 Å². The van der Waals surface area contributed by atoms with Crippen LogP contribution >= 0.6 is 0 Å². The van der Waals surface area contributed by atoms with Gasteiger partial charge in [-0.05, 0) is 12.8 Å². The molecule has 0 aromatic rings. The summed E-state index contributed by atoms with van der Waals surface area (Å²) in [5.41, 5.74) is 5.56.